The van der Waals surface area contributed by atoms with Crippen molar-refractivity contribution in [3.05, 3.63) is 12.0 Å². The van der Waals surface area contributed by atoms with Crippen molar-refractivity contribution in [2.24, 2.45) is 0 Å². The van der Waals surface area contributed by atoms with Crippen LogP contribution in [0.2, 0.25) is 0 Å². The third-order valence-corrected chi connectivity index (χ3v) is 3.69. The first-order valence-electron chi connectivity index (χ1n) is 8.47. The van der Waals surface area contributed by atoms with Gasteiger partial charge in [0.25, 0.3) is 0 Å². The zero-order chi connectivity index (χ0) is 21.3. The molecule has 0 rings (SSSR count). The van der Waals surface area contributed by atoms with E-state index in [9.17, 15) is 23.1 Å². The van der Waals surface area contributed by atoms with Crippen LogP contribution in [0, 0.1) is 5.41 Å². The van der Waals surface area contributed by atoms with Gasteiger partial charge in [-0.2, -0.15) is 13.2 Å². The molecule has 0 unspecified atom stereocenters. The smallest absolute Gasteiger partial charge is 0.389 e. The number of alkyl halides is 3. The molecule has 0 fully saturated rings. The van der Waals surface area contributed by atoms with Gasteiger partial charge in [-0.1, -0.05) is 0 Å². The molecule has 1 amide bonds. The Morgan fingerprint density at radius 3 is 2.30 bits per heavy atom. The second-order valence-electron chi connectivity index (χ2n) is 7.02. The van der Waals surface area contributed by atoms with Gasteiger partial charge in [-0.05, 0) is 40.7 Å². The summed E-state index contributed by atoms with van der Waals surface area (Å²) in [6.45, 7) is 6.80. The maximum absolute atomic E-state index is 12.2. The third-order valence-electron chi connectivity index (χ3n) is 3.69. The van der Waals surface area contributed by atoms with Crippen LogP contribution in [0.25, 0.3) is 0 Å². The van der Waals surface area contributed by atoms with Gasteiger partial charge in [-0.25, -0.2) is 0 Å². The predicted molar refractivity (Wildman–Crippen MR) is 95.9 cm³/mol. The standard InChI is InChI=1S/C17H30F3N3O4/c1-15(2,22-8-6-7-17(18,19)20)14(25)23-13(24)11-12(21)16(3,4)27-10-9-26-5/h11,21-22,24H,6-10H2,1-5H3,(H,23,25)/b13-11-,21-12?. The van der Waals surface area contributed by atoms with Crippen molar-refractivity contribution >= 4 is 11.6 Å². The molecule has 7 nitrogen and oxygen atoms in total. The molecule has 0 atom stereocenters. The number of nitrogens with one attached hydrogen (secondary N) is 3. The molecule has 158 valence electrons. The van der Waals surface area contributed by atoms with Gasteiger partial charge < -0.3 is 25.3 Å². The number of hydrogen-bond acceptors (Lipinski definition) is 6. The summed E-state index contributed by atoms with van der Waals surface area (Å²) in [5, 5.41) is 22.8. The average molecular weight is 397 g/mol. The van der Waals surface area contributed by atoms with E-state index in [1.54, 1.807) is 13.8 Å². The minimum absolute atomic E-state index is 0.0133. The molecule has 0 spiro atoms. The number of aliphatic hydroxyl groups excluding tert-OH is 1. The number of halogens is 3. The largest absolute Gasteiger partial charge is 0.494 e. The Hall–Kier alpha value is -1.65. The minimum atomic E-state index is -4.24. The van der Waals surface area contributed by atoms with Crippen molar-refractivity contribution in [2.45, 2.75) is 57.9 Å². The first kappa shape index (κ1) is 25.4. The van der Waals surface area contributed by atoms with E-state index in [4.69, 9.17) is 14.9 Å². The van der Waals surface area contributed by atoms with Gasteiger partial charge in [0.15, 0.2) is 5.88 Å². The summed E-state index contributed by atoms with van der Waals surface area (Å²) in [6, 6.07) is 0. The van der Waals surface area contributed by atoms with Gasteiger partial charge in [0.1, 0.15) is 5.60 Å². The molecule has 0 aromatic heterocycles. The van der Waals surface area contributed by atoms with Crippen LogP contribution < -0.4 is 10.6 Å². The summed E-state index contributed by atoms with van der Waals surface area (Å²) < 4.78 is 46.7. The van der Waals surface area contributed by atoms with Crippen LogP contribution in [-0.4, -0.2) is 60.9 Å². The molecule has 0 aliphatic rings. The molecular formula is C17H30F3N3O4. The highest BCUT2D eigenvalue weighted by Crippen LogP contribution is 2.21. The van der Waals surface area contributed by atoms with Crippen LogP contribution in [0.15, 0.2) is 12.0 Å². The lowest BCUT2D eigenvalue weighted by molar-refractivity contribution is -0.135. The van der Waals surface area contributed by atoms with Crippen molar-refractivity contribution in [3.63, 3.8) is 0 Å². The Bertz CT molecular complexity index is 532. The molecule has 0 aromatic carbocycles. The van der Waals surface area contributed by atoms with E-state index in [1.165, 1.54) is 21.0 Å². The average Bonchev–Trinajstić information content (AvgIpc) is 2.50. The molecule has 0 saturated carbocycles. The van der Waals surface area contributed by atoms with E-state index in [2.05, 4.69) is 10.6 Å². The number of ether oxygens (including phenoxy) is 2. The predicted octanol–water partition coefficient (Wildman–Crippen LogP) is 2.67. The topological polar surface area (TPSA) is 104 Å². The molecule has 0 bridgehead atoms. The third kappa shape index (κ3) is 10.9. The Labute approximate surface area is 157 Å². The van der Waals surface area contributed by atoms with E-state index < -0.39 is 35.5 Å². The van der Waals surface area contributed by atoms with Gasteiger partial charge in [-0.3, -0.25) is 10.1 Å². The van der Waals surface area contributed by atoms with Crippen molar-refractivity contribution < 1.29 is 32.5 Å². The zero-order valence-corrected chi connectivity index (χ0v) is 16.4. The van der Waals surface area contributed by atoms with E-state index >= 15 is 0 Å². The van der Waals surface area contributed by atoms with E-state index in [1.807, 2.05) is 0 Å². The van der Waals surface area contributed by atoms with Crippen LogP contribution in [0.5, 0.6) is 0 Å². The molecule has 0 heterocycles. The highest BCUT2D eigenvalue weighted by Gasteiger charge is 2.30. The molecule has 0 radical (unpaired) electrons. The number of carbonyl (C=O) groups is 1. The molecule has 0 aliphatic carbocycles. The van der Waals surface area contributed by atoms with Gasteiger partial charge in [-0.15, -0.1) is 0 Å². The van der Waals surface area contributed by atoms with E-state index in [-0.39, 0.29) is 25.3 Å². The summed E-state index contributed by atoms with van der Waals surface area (Å²) in [4.78, 5) is 12.2. The SMILES string of the molecule is COCCOC(C)(C)C(=N)/C=C(\O)NC(=O)C(C)(C)NCCCC(F)(F)F. The van der Waals surface area contributed by atoms with E-state index in [0.29, 0.717) is 6.61 Å². The summed E-state index contributed by atoms with van der Waals surface area (Å²) in [7, 11) is 1.52. The summed E-state index contributed by atoms with van der Waals surface area (Å²) in [5.74, 6) is -1.20. The molecular weight excluding hydrogens is 367 g/mol. The van der Waals surface area contributed by atoms with Crippen molar-refractivity contribution in [3.8, 4) is 0 Å². The van der Waals surface area contributed by atoms with Crippen molar-refractivity contribution in [2.75, 3.05) is 26.9 Å². The summed E-state index contributed by atoms with van der Waals surface area (Å²) >= 11 is 0. The highest BCUT2D eigenvalue weighted by molar-refractivity contribution is 5.99. The maximum atomic E-state index is 12.2. The van der Waals surface area contributed by atoms with Crippen LogP contribution in [-0.2, 0) is 14.3 Å². The molecule has 27 heavy (non-hydrogen) atoms. The van der Waals surface area contributed by atoms with Gasteiger partial charge in [0.05, 0.1) is 24.5 Å². The number of hydrogen-bond donors (Lipinski definition) is 4. The Morgan fingerprint density at radius 1 is 1.19 bits per heavy atom. The quantitative estimate of drug-likeness (QED) is 0.230. The van der Waals surface area contributed by atoms with Crippen LogP contribution in [0.4, 0.5) is 13.2 Å². The van der Waals surface area contributed by atoms with Crippen LogP contribution in [0.1, 0.15) is 40.5 Å². The van der Waals surface area contributed by atoms with Gasteiger partial charge in [0.2, 0.25) is 5.91 Å². The van der Waals surface area contributed by atoms with Crippen LogP contribution >= 0.6 is 0 Å². The lowest BCUT2D eigenvalue weighted by Gasteiger charge is -2.26. The second-order valence-corrected chi connectivity index (χ2v) is 7.02. The van der Waals surface area contributed by atoms with Crippen molar-refractivity contribution in [1.82, 2.24) is 10.6 Å². The molecule has 4 N–H and O–H groups in total. The lowest BCUT2D eigenvalue weighted by Crippen LogP contribution is -2.52. The molecule has 0 aromatic rings. The highest BCUT2D eigenvalue weighted by atomic mass is 19.4. The normalized spacial score (nSPS) is 13.6. The number of carbonyl (C=O) groups excluding carboxylic acids is 1. The van der Waals surface area contributed by atoms with Crippen molar-refractivity contribution in [1.29, 1.82) is 5.41 Å². The maximum Gasteiger partial charge on any atom is 0.389 e. The fourth-order valence-electron chi connectivity index (χ4n) is 1.85. The Morgan fingerprint density at radius 2 is 1.78 bits per heavy atom. The molecule has 0 aliphatic heterocycles. The zero-order valence-electron chi connectivity index (χ0n) is 16.4. The minimum Gasteiger partial charge on any atom is -0.494 e. The number of rotatable bonds is 12. The fraction of sp³-hybridized carbons (Fsp3) is 0.765. The Kier molecular flexibility index (Phi) is 9.97. The fourth-order valence-corrected chi connectivity index (χ4v) is 1.85. The summed E-state index contributed by atoms with van der Waals surface area (Å²) in [5.41, 5.74) is -2.30. The first-order valence-corrected chi connectivity index (χ1v) is 8.47. The molecule has 0 saturated heterocycles. The number of amides is 1. The van der Waals surface area contributed by atoms with Crippen LogP contribution in [0.3, 0.4) is 0 Å². The van der Waals surface area contributed by atoms with Gasteiger partial charge in [0, 0.05) is 19.6 Å². The first-order chi connectivity index (χ1) is 12.2. The van der Waals surface area contributed by atoms with E-state index in [0.717, 1.165) is 6.08 Å². The Balaban J connectivity index is 4.63. The number of aliphatic hydroxyl groups is 1. The van der Waals surface area contributed by atoms with Gasteiger partial charge >= 0.3 is 6.18 Å². The monoisotopic (exact) mass is 397 g/mol. The lowest BCUT2D eigenvalue weighted by atomic mass is 10.0. The summed E-state index contributed by atoms with van der Waals surface area (Å²) in [6.07, 6.45) is -4.31. The number of methoxy groups -OCH3 is 1. The second kappa shape index (κ2) is 10.6. The molecule has 10 heteroatoms.